The van der Waals surface area contributed by atoms with Crippen LogP contribution >= 0.6 is 11.8 Å². The summed E-state index contributed by atoms with van der Waals surface area (Å²) in [5.41, 5.74) is 7.28. The number of aliphatic hydroxyl groups excluding tert-OH is 1. The van der Waals surface area contributed by atoms with E-state index in [9.17, 15) is 5.11 Å². The van der Waals surface area contributed by atoms with Gasteiger partial charge in [-0.15, -0.1) is 0 Å². The second kappa shape index (κ2) is 6.16. The molecule has 0 aliphatic rings. The topological polar surface area (TPSA) is 46.2 Å². The summed E-state index contributed by atoms with van der Waals surface area (Å²) in [6.45, 7) is 6.60. The molecule has 0 spiro atoms. The Bertz CT molecular complexity index is 310. The van der Waals surface area contributed by atoms with Gasteiger partial charge in [0, 0.05) is 16.7 Å². The van der Waals surface area contributed by atoms with Crippen LogP contribution in [0.5, 0.6) is 0 Å². The van der Waals surface area contributed by atoms with Crippen molar-refractivity contribution in [3.05, 3.63) is 29.8 Å². The quantitative estimate of drug-likeness (QED) is 0.776. The normalized spacial score (nSPS) is 15.1. The number of benzene rings is 1. The number of aliphatic hydroxyl groups is 1. The summed E-state index contributed by atoms with van der Waals surface area (Å²) in [5.74, 6) is 1.38. The molecule has 0 aromatic heterocycles. The first-order valence-corrected chi connectivity index (χ1v) is 6.70. The van der Waals surface area contributed by atoms with Crippen molar-refractivity contribution in [3.63, 3.8) is 0 Å². The van der Waals surface area contributed by atoms with Crippen LogP contribution in [0.2, 0.25) is 0 Å². The molecule has 2 unspecified atom stereocenters. The molecule has 0 bridgehead atoms. The van der Waals surface area contributed by atoms with Crippen LogP contribution < -0.4 is 5.73 Å². The van der Waals surface area contributed by atoms with Crippen LogP contribution in [0.4, 0.5) is 5.69 Å². The second-order valence-electron chi connectivity index (χ2n) is 4.46. The summed E-state index contributed by atoms with van der Waals surface area (Å²) in [6.07, 6.45) is -0.396. The average Bonchev–Trinajstić information content (AvgIpc) is 2.26. The number of rotatable bonds is 5. The van der Waals surface area contributed by atoms with Crippen molar-refractivity contribution in [3.8, 4) is 0 Å². The van der Waals surface area contributed by atoms with Crippen LogP contribution in [-0.2, 0) is 0 Å². The summed E-state index contributed by atoms with van der Waals surface area (Å²) in [6, 6.07) is 7.44. The van der Waals surface area contributed by atoms with Gasteiger partial charge in [0.1, 0.15) is 0 Å². The molecular formula is C13H21NOS. The van der Waals surface area contributed by atoms with E-state index in [1.165, 1.54) is 0 Å². The summed E-state index contributed by atoms with van der Waals surface area (Å²) in [5, 5.41) is 10.6. The molecule has 2 atom stereocenters. The smallest absolute Gasteiger partial charge is 0.0880 e. The summed E-state index contributed by atoms with van der Waals surface area (Å²) >= 11 is 1.81. The summed E-state index contributed by atoms with van der Waals surface area (Å²) in [7, 11) is 0. The number of nitrogen functional groups attached to an aromatic ring is 1. The molecule has 0 radical (unpaired) electrons. The maximum atomic E-state index is 9.98. The van der Waals surface area contributed by atoms with Crippen molar-refractivity contribution in [2.45, 2.75) is 32.1 Å². The minimum atomic E-state index is -0.396. The molecule has 0 heterocycles. The van der Waals surface area contributed by atoms with Gasteiger partial charge in [-0.2, -0.15) is 11.8 Å². The second-order valence-corrected chi connectivity index (χ2v) is 5.88. The van der Waals surface area contributed by atoms with E-state index in [-0.39, 0.29) is 0 Å². The minimum absolute atomic E-state index is 0.396. The first kappa shape index (κ1) is 13.4. The number of thioether (sulfide) groups is 1. The lowest BCUT2D eigenvalue weighted by Gasteiger charge is -2.17. The van der Waals surface area contributed by atoms with Crippen molar-refractivity contribution in [2.75, 3.05) is 11.5 Å². The number of anilines is 1. The fourth-order valence-corrected chi connectivity index (χ4v) is 2.31. The highest BCUT2D eigenvalue weighted by molar-refractivity contribution is 7.99. The van der Waals surface area contributed by atoms with E-state index in [1.807, 2.05) is 36.0 Å². The molecule has 1 aromatic rings. The Morgan fingerprint density at radius 3 is 2.25 bits per heavy atom. The fourth-order valence-electron chi connectivity index (χ4n) is 1.25. The maximum absolute atomic E-state index is 9.98. The molecule has 3 N–H and O–H groups in total. The zero-order chi connectivity index (χ0) is 12.1. The van der Waals surface area contributed by atoms with Gasteiger partial charge in [-0.05, 0) is 23.6 Å². The molecule has 16 heavy (non-hydrogen) atoms. The van der Waals surface area contributed by atoms with Crippen LogP contribution in [0.3, 0.4) is 0 Å². The van der Waals surface area contributed by atoms with E-state index in [0.717, 1.165) is 17.0 Å². The van der Waals surface area contributed by atoms with Crippen molar-refractivity contribution in [1.29, 1.82) is 0 Å². The third kappa shape index (κ3) is 4.06. The van der Waals surface area contributed by atoms with Crippen LogP contribution in [0, 0.1) is 5.92 Å². The minimum Gasteiger partial charge on any atom is -0.399 e. The van der Waals surface area contributed by atoms with Gasteiger partial charge in [0.2, 0.25) is 0 Å². The fraction of sp³-hybridized carbons (Fsp3) is 0.538. The molecule has 1 aromatic carbocycles. The molecule has 0 saturated heterocycles. The van der Waals surface area contributed by atoms with Crippen LogP contribution in [0.15, 0.2) is 24.3 Å². The Labute approximate surface area is 102 Å². The van der Waals surface area contributed by atoms with Gasteiger partial charge in [-0.25, -0.2) is 0 Å². The van der Waals surface area contributed by atoms with Crippen molar-refractivity contribution < 1.29 is 5.11 Å². The standard InChI is InChI=1S/C13H21NOS/c1-9(2)10(3)16-8-13(15)11-4-6-12(14)7-5-11/h4-7,9-10,13,15H,8,14H2,1-3H3. The molecule has 0 amide bonds. The Morgan fingerprint density at radius 1 is 1.19 bits per heavy atom. The van der Waals surface area contributed by atoms with Crippen molar-refractivity contribution >= 4 is 17.4 Å². The molecule has 2 nitrogen and oxygen atoms in total. The molecule has 0 saturated carbocycles. The van der Waals surface area contributed by atoms with Gasteiger partial charge in [-0.3, -0.25) is 0 Å². The van der Waals surface area contributed by atoms with Crippen LogP contribution in [0.25, 0.3) is 0 Å². The largest absolute Gasteiger partial charge is 0.399 e. The Morgan fingerprint density at radius 2 is 1.75 bits per heavy atom. The summed E-state index contributed by atoms with van der Waals surface area (Å²) < 4.78 is 0. The highest BCUT2D eigenvalue weighted by Crippen LogP contribution is 2.25. The molecular weight excluding hydrogens is 218 g/mol. The highest BCUT2D eigenvalue weighted by Gasteiger charge is 2.12. The van der Waals surface area contributed by atoms with E-state index in [2.05, 4.69) is 20.8 Å². The molecule has 0 aliphatic carbocycles. The monoisotopic (exact) mass is 239 g/mol. The van der Waals surface area contributed by atoms with Gasteiger partial charge in [0.05, 0.1) is 6.10 Å². The Balaban J connectivity index is 2.46. The van der Waals surface area contributed by atoms with E-state index < -0.39 is 6.10 Å². The molecule has 90 valence electrons. The van der Waals surface area contributed by atoms with E-state index in [4.69, 9.17) is 5.73 Å². The predicted molar refractivity (Wildman–Crippen MR) is 72.6 cm³/mol. The maximum Gasteiger partial charge on any atom is 0.0880 e. The molecule has 1 rings (SSSR count). The third-order valence-electron chi connectivity index (χ3n) is 2.78. The highest BCUT2D eigenvalue weighted by atomic mass is 32.2. The first-order chi connectivity index (χ1) is 7.50. The predicted octanol–water partition coefficient (Wildman–Crippen LogP) is 3.08. The average molecular weight is 239 g/mol. The Kier molecular flexibility index (Phi) is 5.16. The van der Waals surface area contributed by atoms with Crippen molar-refractivity contribution in [2.24, 2.45) is 5.92 Å². The zero-order valence-electron chi connectivity index (χ0n) is 10.2. The third-order valence-corrected chi connectivity index (χ3v) is 4.36. The van der Waals surface area contributed by atoms with E-state index in [1.54, 1.807) is 0 Å². The Hall–Kier alpha value is -0.670. The lowest BCUT2D eigenvalue weighted by molar-refractivity contribution is 0.204. The van der Waals surface area contributed by atoms with E-state index >= 15 is 0 Å². The van der Waals surface area contributed by atoms with Crippen LogP contribution in [0.1, 0.15) is 32.4 Å². The van der Waals surface area contributed by atoms with Gasteiger partial charge in [0.15, 0.2) is 0 Å². The summed E-state index contributed by atoms with van der Waals surface area (Å²) in [4.78, 5) is 0. The lowest BCUT2D eigenvalue weighted by atomic mass is 10.1. The first-order valence-electron chi connectivity index (χ1n) is 5.65. The lowest BCUT2D eigenvalue weighted by Crippen LogP contribution is -2.10. The van der Waals surface area contributed by atoms with Gasteiger partial charge < -0.3 is 10.8 Å². The number of hydrogen-bond donors (Lipinski definition) is 2. The van der Waals surface area contributed by atoms with E-state index in [0.29, 0.717) is 11.2 Å². The molecule has 3 heteroatoms. The molecule has 0 fully saturated rings. The number of hydrogen-bond acceptors (Lipinski definition) is 3. The van der Waals surface area contributed by atoms with Crippen LogP contribution in [-0.4, -0.2) is 16.1 Å². The number of nitrogens with two attached hydrogens (primary N) is 1. The van der Waals surface area contributed by atoms with Gasteiger partial charge in [0.25, 0.3) is 0 Å². The van der Waals surface area contributed by atoms with Gasteiger partial charge >= 0.3 is 0 Å². The molecule has 0 aliphatic heterocycles. The zero-order valence-corrected chi connectivity index (χ0v) is 11.0. The van der Waals surface area contributed by atoms with Gasteiger partial charge in [-0.1, -0.05) is 32.9 Å². The van der Waals surface area contributed by atoms with Crippen molar-refractivity contribution in [1.82, 2.24) is 0 Å². The SMILES string of the molecule is CC(C)C(C)SCC(O)c1ccc(N)cc1.